The van der Waals surface area contributed by atoms with Crippen molar-refractivity contribution in [2.24, 2.45) is 11.8 Å². The molecular weight excluding hydrogens is 236 g/mol. The molecule has 0 radical (unpaired) electrons. The molecule has 1 amide bonds. The lowest BCUT2D eigenvalue weighted by molar-refractivity contribution is -0.136. The van der Waals surface area contributed by atoms with Crippen molar-refractivity contribution in [3.63, 3.8) is 0 Å². The van der Waals surface area contributed by atoms with Crippen LogP contribution < -0.4 is 5.32 Å². The molecule has 2 aliphatic carbocycles. The van der Waals surface area contributed by atoms with E-state index in [-0.39, 0.29) is 11.7 Å². The van der Waals surface area contributed by atoms with Crippen molar-refractivity contribution < 1.29 is 4.79 Å². The first-order valence-corrected chi connectivity index (χ1v) is 8.14. The molecule has 2 saturated carbocycles. The molecule has 0 aromatic heterocycles. The number of amides is 1. The molecule has 1 heterocycles. The summed E-state index contributed by atoms with van der Waals surface area (Å²) < 4.78 is 0. The Kier molecular flexibility index (Phi) is 3.36. The molecular formula is C16H28N2O. The second-order valence-electron chi connectivity index (χ2n) is 7.24. The Morgan fingerprint density at radius 2 is 1.79 bits per heavy atom. The van der Waals surface area contributed by atoms with Crippen molar-refractivity contribution in [1.82, 2.24) is 10.2 Å². The molecule has 1 spiro atoms. The quantitative estimate of drug-likeness (QED) is 0.790. The SMILES string of the molecule is CC1CCC(N2C(=O)C3(CCCC3)NC2C)CC1C. The van der Waals surface area contributed by atoms with Gasteiger partial charge in [0, 0.05) is 6.04 Å². The topological polar surface area (TPSA) is 32.3 Å². The summed E-state index contributed by atoms with van der Waals surface area (Å²) in [6.07, 6.45) is 8.39. The lowest BCUT2D eigenvalue weighted by Crippen LogP contribution is -2.47. The maximum Gasteiger partial charge on any atom is 0.244 e. The monoisotopic (exact) mass is 264 g/mol. The Bertz CT molecular complexity index is 362. The van der Waals surface area contributed by atoms with Crippen LogP contribution in [0.2, 0.25) is 0 Å². The number of nitrogens with one attached hydrogen (secondary N) is 1. The zero-order valence-electron chi connectivity index (χ0n) is 12.6. The Balaban J connectivity index is 1.76. The fourth-order valence-corrected chi connectivity index (χ4v) is 4.54. The maximum absolute atomic E-state index is 12.9. The smallest absolute Gasteiger partial charge is 0.244 e. The Morgan fingerprint density at radius 3 is 2.42 bits per heavy atom. The number of carbonyl (C=O) groups excluding carboxylic acids is 1. The summed E-state index contributed by atoms with van der Waals surface area (Å²) in [4.78, 5) is 15.1. The molecule has 0 aromatic carbocycles. The molecule has 4 unspecified atom stereocenters. The fourth-order valence-electron chi connectivity index (χ4n) is 4.54. The van der Waals surface area contributed by atoms with Gasteiger partial charge in [-0.2, -0.15) is 0 Å². The van der Waals surface area contributed by atoms with E-state index < -0.39 is 0 Å². The van der Waals surface area contributed by atoms with Crippen molar-refractivity contribution in [2.75, 3.05) is 0 Å². The maximum atomic E-state index is 12.9. The third kappa shape index (κ3) is 2.10. The van der Waals surface area contributed by atoms with Gasteiger partial charge in [-0.05, 0) is 50.9 Å². The fraction of sp³-hybridized carbons (Fsp3) is 0.938. The van der Waals surface area contributed by atoms with Gasteiger partial charge in [-0.25, -0.2) is 0 Å². The van der Waals surface area contributed by atoms with Gasteiger partial charge in [0.05, 0.1) is 11.7 Å². The Hall–Kier alpha value is -0.570. The van der Waals surface area contributed by atoms with E-state index in [2.05, 4.69) is 31.0 Å². The van der Waals surface area contributed by atoms with Crippen LogP contribution in [0, 0.1) is 11.8 Å². The van der Waals surface area contributed by atoms with Gasteiger partial charge >= 0.3 is 0 Å². The molecule has 4 atom stereocenters. The highest BCUT2D eigenvalue weighted by molar-refractivity contribution is 5.89. The zero-order valence-corrected chi connectivity index (χ0v) is 12.6. The van der Waals surface area contributed by atoms with E-state index in [0.29, 0.717) is 11.9 Å². The van der Waals surface area contributed by atoms with Crippen molar-refractivity contribution in [3.8, 4) is 0 Å². The largest absolute Gasteiger partial charge is 0.323 e. The van der Waals surface area contributed by atoms with Crippen molar-refractivity contribution in [1.29, 1.82) is 0 Å². The average molecular weight is 264 g/mol. The third-order valence-corrected chi connectivity index (χ3v) is 5.97. The second-order valence-corrected chi connectivity index (χ2v) is 7.24. The van der Waals surface area contributed by atoms with Gasteiger partial charge < -0.3 is 4.90 Å². The van der Waals surface area contributed by atoms with E-state index in [4.69, 9.17) is 0 Å². The lowest BCUT2D eigenvalue weighted by Gasteiger charge is -2.39. The molecule has 3 heteroatoms. The van der Waals surface area contributed by atoms with Gasteiger partial charge in [0.15, 0.2) is 0 Å². The van der Waals surface area contributed by atoms with E-state index in [1.165, 1.54) is 32.1 Å². The van der Waals surface area contributed by atoms with Crippen LogP contribution in [0.4, 0.5) is 0 Å². The van der Waals surface area contributed by atoms with Gasteiger partial charge in [0.1, 0.15) is 0 Å². The van der Waals surface area contributed by atoms with E-state index in [9.17, 15) is 4.79 Å². The highest BCUT2D eigenvalue weighted by Crippen LogP contribution is 2.40. The molecule has 3 nitrogen and oxygen atoms in total. The minimum absolute atomic E-state index is 0.189. The number of carbonyl (C=O) groups is 1. The predicted octanol–water partition coefficient (Wildman–Crippen LogP) is 2.90. The van der Waals surface area contributed by atoms with E-state index in [1.54, 1.807) is 0 Å². The molecule has 19 heavy (non-hydrogen) atoms. The van der Waals surface area contributed by atoms with Crippen LogP contribution in [0.15, 0.2) is 0 Å². The molecule has 0 bridgehead atoms. The van der Waals surface area contributed by atoms with Gasteiger partial charge in [-0.3, -0.25) is 10.1 Å². The van der Waals surface area contributed by atoms with Gasteiger partial charge in [-0.1, -0.05) is 26.7 Å². The van der Waals surface area contributed by atoms with Crippen LogP contribution >= 0.6 is 0 Å². The molecule has 1 N–H and O–H groups in total. The average Bonchev–Trinajstić information content (AvgIpc) is 2.91. The van der Waals surface area contributed by atoms with Crippen LogP contribution in [0.5, 0.6) is 0 Å². The van der Waals surface area contributed by atoms with Crippen molar-refractivity contribution >= 4 is 5.91 Å². The van der Waals surface area contributed by atoms with Crippen LogP contribution in [-0.2, 0) is 4.79 Å². The Morgan fingerprint density at radius 1 is 1.11 bits per heavy atom. The van der Waals surface area contributed by atoms with Crippen molar-refractivity contribution in [3.05, 3.63) is 0 Å². The lowest BCUT2D eigenvalue weighted by atomic mass is 9.78. The zero-order chi connectivity index (χ0) is 13.6. The van der Waals surface area contributed by atoms with Crippen LogP contribution in [-0.4, -0.2) is 28.6 Å². The molecule has 3 rings (SSSR count). The standard InChI is InChI=1S/C16H28N2O/c1-11-6-7-14(10-12(11)2)18-13(3)17-16(15(18)19)8-4-5-9-16/h11-14,17H,4-10H2,1-3H3. The molecule has 0 aromatic rings. The van der Waals surface area contributed by atoms with Crippen LogP contribution in [0.3, 0.4) is 0 Å². The molecule has 1 saturated heterocycles. The summed E-state index contributed by atoms with van der Waals surface area (Å²) in [6.45, 7) is 6.88. The summed E-state index contributed by atoms with van der Waals surface area (Å²) in [5.41, 5.74) is -0.189. The third-order valence-electron chi connectivity index (χ3n) is 5.97. The minimum Gasteiger partial charge on any atom is -0.323 e. The van der Waals surface area contributed by atoms with E-state index in [1.807, 2.05) is 0 Å². The van der Waals surface area contributed by atoms with Crippen molar-refractivity contribution in [2.45, 2.75) is 83.5 Å². The molecule has 3 fully saturated rings. The first-order valence-electron chi connectivity index (χ1n) is 8.14. The highest BCUT2D eigenvalue weighted by atomic mass is 16.2. The second kappa shape index (κ2) is 4.76. The summed E-state index contributed by atoms with van der Waals surface area (Å²) in [5, 5.41) is 3.63. The van der Waals surface area contributed by atoms with Crippen LogP contribution in [0.25, 0.3) is 0 Å². The normalized spacial score (nSPS) is 42.3. The Labute approximate surface area is 117 Å². The van der Waals surface area contributed by atoms with Gasteiger partial charge in [0.25, 0.3) is 0 Å². The number of hydrogen-bond acceptors (Lipinski definition) is 2. The van der Waals surface area contributed by atoms with Gasteiger partial charge in [0.2, 0.25) is 5.91 Å². The molecule has 108 valence electrons. The first-order chi connectivity index (χ1) is 9.03. The minimum atomic E-state index is -0.189. The summed E-state index contributed by atoms with van der Waals surface area (Å²) in [7, 11) is 0. The first kappa shape index (κ1) is 13.4. The van der Waals surface area contributed by atoms with Gasteiger partial charge in [-0.15, -0.1) is 0 Å². The van der Waals surface area contributed by atoms with E-state index in [0.717, 1.165) is 24.7 Å². The van der Waals surface area contributed by atoms with Crippen LogP contribution in [0.1, 0.15) is 65.7 Å². The number of rotatable bonds is 1. The van der Waals surface area contributed by atoms with E-state index >= 15 is 0 Å². The molecule has 3 aliphatic rings. The summed E-state index contributed by atoms with van der Waals surface area (Å²) >= 11 is 0. The number of hydrogen-bond donors (Lipinski definition) is 1. The highest BCUT2D eigenvalue weighted by Gasteiger charge is 2.53. The number of nitrogens with zero attached hydrogens (tertiary/aromatic N) is 1. The summed E-state index contributed by atoms with van der Waals surface area (Å²) in [6, 6.07) is 0.473. The predicted molar refractivity (Wildman–Crippen MR) is 76.6 cm³/mol. The molecule has 1 aliphatic heterocycles. The summed E-state index contributed by atoms with van der Waals surface area (Å²) in [5.74, 6) is 1.97.